The molecule has 2 rings (SSSR count). The average Bonchev–Trinajstić information content (AvgIpc) is 2.88. The molecule has 1 aliphatic heterocycles. The second kappa shape index (κ2) is 7.25. The van der Waals surface area contributed by atoms with Gasteiger partial charge in [-0.05, 0) is 39.7 Å². The summed E-state index contributed by atoms with van der Waals surface area (Å²) in [5.41, 5.74) is 0. The van der Waals surface area contributed by atoms with Crippen LogP contribution in [0, 0.1) is 5.92 Å². The predicted molar refractivity (Wildman–Crippen MR) is 81.0 cm³/mol. The molecule has 2 fully saturated rings. The molecule has 1 N–H and O–H groups in total. The number of likely N-dealkylation sites (tertiary alicyclic amines) is 1. The molecule has 1 amide bonds. The molecule has 120 valence electrons. The molecule has 0 aromatic carbocycles. The first kappa shape index (κ1) is 16.3. The van der Waals surface area contributed by atoms with Crippen LogP contribution < -0.4 is 0 Å². The van der Waals surface area contributed by atoms with Crippen LogP contribution in [0.5, 0.6) is 0 Å². The lowest BCUT2D eigenvalue weighted by Gasteiger charge is -2.38. The van der Waals surface area contributed by atoms with Crippen molar-refractivity contribution in [2.24, 2.45) is 5.92 Å². The number of rotatable bonds is 5. The van der Waals surface area contributed by atoms with Gasteiger partial charge >= 0.3 is 5.97 Å². The van der Waals surface area contributed by atoms with Crippen molar-refractivity contribution in [1.82, 2.24) is 9.80 Å². The molecule has 1 atom stereocenters. The summed E-state index contributed by atoms with van der Waals surface area (Å²) < 4.78 is 0. The third-order valence-corrected chi connectivity index (χ3v) is 4.79. The zero-order chi connectivity index (χ0) is 15.4. The Hall–Kier alpha value is -1.10. The van der Waals surface area contributed by atoms with E-state index in [0.29, 0.717) is 25.6 Å². The molecule has 0 unspecified atom stereocenters. The lowest BCUT2D eigenvalue weighted by molar-refractivity contribution is -0.142. The van der Waals surface area contributed by atoms with Crippen molar-refractivity contribution in [3.05, 3.63) is 0 Å². The minimum absolute atomic E-state index is 0.169. The molecule has 21 heavy (non-hydrogen) atoms. The number of carbonyl (C=O) groups excluding carboxylic acids is 1. The van der Waals surface area contributed by atoms with E-state index in [9.17, 15) is 9.59 Å². The Morgan fingerprint density at radius 3 is 2.38 bits per heavy atom. The molecule has 2 aliphatic rings. The number of carboxylic acid groups (broad SMARTS) is 1. The average molecular weight is 296 g/mol. The Labute approximate surface area is 127 Å². The van der Waals surface area contributed by atoms with Crippen LogP contribution in [0.1, 0.15) is 52.4 Å². The topological polar surface area (TPSA) is 60.9 Å². The normalized spacial score (nSPS) is 24.4. The van der Waals surface area contributed by atoms with Gasteiger partial charge in [0.2, 0.25) is 5.91 Å². The van der Waals surface area contributed by atoms with Crippen LogP contribution in [-0.2, 0) is 9.59 Å². The highest BCUT2D eigenvalue weighted by Crippen LogP contribution is 2.25. The largest absolute Gasteiger partial charge is 0.481 e. The van der Waals surface area contributed by atoms with Gasteiger partial charge in [-0.3, -0.25) is 14.5 Å². The molecular formula is C16H28N2O3. The minimum atomic E-state index is -0.738. The van der Waals surface area contributed by atoms with Crippen molar-refractivity contribution in [1.29, 1.82) is 0 Å². The lowest BCUT2D eigenvalue weighted by Crippen LogP contribution is -2.49. The van der Waals surface area contributed by atoms with Crippen molar-refractivity contribution < 1.29 is 14.7 Å². The Balaban J connectivity index is 1.91. The number of amides is 1. The van der Waals surface area contributed by atoms with Gasteiger partial charge in [0.15, 0.2) is 0 Å². The van der Waals surface area contributed by atoms with Crippen LogP contribution in [0.25, 0.3) is 0 Å². The summed E-state index contributed by atoms with van der Waals surface area (Å²) in [6.07, 6.45) is 6.60. The first-order chi connectivity index (χ1) is 9.99. The van der Waals surface area contributed by atoms with E-state index in [2.05, 4.69) is 13.8 Å². The summed E-state index contributed by atoms with van der Waals surface area (Å²) in [5.74, 6) is -0.874. The molecule has 0 radical (unpaired) electrons. The second-order valence-corrected chi connectivity index (χ2v) is 6.75. The fraction of sp³-hybridized carbons (Fsp3) is 0.875. The van der Waals surface area contributed by atoms with Gasteiger partial charge in [-0.15, -0.1) is 0 Å². The smallest absolute Gasteiger partial charge is 0.307 e. The van der Waals surface area contributed by atoms with Gasteiger partial charge in [0, 0.05) is 18.6 Å². The van der Waals surface area contributed by atoms with E-state index in [1.165, 1.54) is 19.3 Å². The second-order valence-electron chi connectivity index (χ2n) is 6.75. The summed E-state index contributed by atoms with van der Waals surface area (Å²) in [5, 5.41) is 9.04. The van der Waals surface area contributed by atoms with Crippen LogP contribution >= 0.6 is 0 Å². The van der Waals surface area contributed by atoms with E-state index in [1.807, 2.05) is 9.80 Å². The van der Waals surface area contributed by atoms with E-state index in [-0.39, 0.29) is 17.9 Å². The van der Waals surface area contributed by atoms with Crippen molar-refractivity contribution in [2.45, 2.75) is 64.5 Å². The Morgan fingerprint density at radius 2 is 1.86 bits per heavy atom. The summed E-state index contributed by atoms with van der Waals surface area (Å²) in [6, 6.07) is 0.600. The van der Waals surface area contributed by atoms with Gasteiger partial charge < -0.3 is 10.0 Å². The highest BCUT2D eigenvalue weighted by atomic mass is 16.4. The van der Waals surface area contributed by atoms with Crippen molar-refractivity contribution >= 4 is 11.9 Å². The number of hydrogen-bond acceptors (Lipinski definition) is 3. The van der Waals surface area contributed by atoms with Crippen LogP contribution in [0.15, 0.2) is 0 Å². The van der Waals surface area contributed by atoms with Crippen molar-refractivity contribution in [2.75, 3.05) is 19.6 Å². The van der Waals surface area contributed by atoms with Crippen LogP contribution in [0.4, 0.5) is 0 Å². The Morgan fingerprint density at radius 1 is 1.19 bits per heavy atom. The quantitative estimate of drug-likeness (QED) is 0.842. The van der Waals surface area contributed by atoms with Crippen molar-refractivity contribution in [3.8, 4) is 0 Å². The van der Waals surface area contributed by atoms with Gasteiger partial charge in [-0.2, -0.15) is 0 Å². The molecule has 1 heterocycles. The van der Waals surface area contributed by atoms with E-state index in [1.54, 1.807) is 0 Å². The predicted octanol–water partition coefficient (Wildman–Crippen LogP) is 1.96. The highest BCUT2D eigenvalue weighted by Gasteiger charge is 2.32. The molecule has 0 bridgehead atoms. The number of nitrogens with zero attached hydrogens (tertiary/aromatic N) is 2. The maximum atomic E-state index is 12.7. The maximum absolute atomic E-state index is 12.7. The third-order valence-electron chi connectivity index (χ3n) is 4.79. The fourth-order valence-electron chi connectivity index (χ4n) is 3.72. The SMILES string of the molecule is CC(C)N(C(=O)CN1CC[C@H](C(=O)O)C1)C1CCCCC1. The molecule has 1 saturated carbocycles. The Kier molecular flexibility index (Phi) is 5.62. The van der Waals surface area contributed by atoms with E-state index < -0.39 is 5.97 Å². The van der Waals surface area contributed by atoms with Gasteiger partial charge in [0.1, 0.15) is 0 Å². The zero-order valence-corrected chi connectivity index (χ0v) is 13.3. The van der Waals surface area contributed by atoms with E-state index in [4.69, 9.17) is 5.11 Å². The molecule has 1 aliphatic carbocycles. The molecule has 1 saturated heterocycles. The fourth-order valence-corrected chi connectivity index (χ4v) is 3.72. The van der Waals surface area contributed by atoms with E-state index >= 15 is 0 Å². The molecule has 0 aromatic rings. The number of hydrogen-bond donors (Lipinski definition) is 1. The van der Waals surface area contributed by atoms with Gasteiger partial charge in [0.25, 0.3) is 0 Å². The zero-order valence-electron chi connectivity index (χ0n) is 13.3. The number of carbonyl (C=O) groups is 2. The highest BCUT2D eigenvalue weighted by molar-refractivity contribution is 5.79. The minimum Gasteiger partial charge on any atom is -0.481 e. The molecule has 5 nitrogen and oxygen atoms in total. The van der Waals surface area contributed by atoms with Crippen LogP contribution in [0.2, 0.25) is 0 Å². The summed E-state index contributed by atoms with van der Waals surface area (Å²) >= 11 is 0. The number of carboxylic acids is 1. The Bertz CT molecular complexity index is 378. The summed E-state index contributed by atoms with van der Waals surface area (Å²) in [6.45, 7) is 5.77. The van der Waals surface area contributed by atoms with Gasteiger partial charge in [-0.25, -0.2) is 0 Å². The maximum Gasteiger partial charge on any atom is 0.307 e. The van der Waals surface area contributed by atoms with E-state index in [0.717, 1.165) is 19.4 Å². The third kappa shape index (κ3) is 4.19. The van der Waals surface area contributed by atoms with Gasteiger partial charge in [0.05, 0.1) is 12.5 Å². The number of aliphatic carboxylic acids is 1. The first-order valence-corrected chi connectivity index (χ1v) is 8.25. The van der Waals surface area contributed by atoms with Crippen LogP contribution in [0.3, 0.4) is 0 Å². The lowest BCUT2D eigenvalue weighted by atomic mass is 9.93. The standard InChI is InChI=1S/C16H28N2O3/c1-12(2)18(14-6-4-3-5-7-14)15(19)11-17-9-8-13(10-17)16(20)21/h12-14H,3-11H2,1-2H3,(H,20,21)/t13-/m0/s1. The van der Waals surface area contributed by atoms with Crippen LogP contribution in [-0.4, -0.2) is 58.5 Å². The summed E-state index contributed by atoms with van der Waals surface area (Å²) in [4.78, 5) is 27.7. The first-order valence-electron chi connectivity index (χ1n) is 8.25. The molecule has 0 spiro atoms. The molecule has 0 aromatic heterocycles. The van der Waals surface area contributed by atoms with Crippen molar-refractivity contribution in [3.63, 3.8) is 0 Å². The van der Waals surface area contributed by atoms with Gasteiger partial charge in [-0.1, -0.05) is 19.3 Å². The summed E-state index contributed by atoms with van der Waals surface area (Å²) in [7, 11) is 0. The monoisotopic (exact) mass is 296 g/mol. The molecule has 5 heteroatoms. The molecular weight excluding hydrogens is 268 g/mol.